The Kier molecular flexibility index (Phi) is 3.92. The molecule has 2 aliphatic rings. The lowest BCUT2D eigenvalue weighted by molar-refractivity contribution is 0.0112. The zero-order valence-electron chi connectivity index (χ0n) is 14.1. The molecule has 1 heterocycles. The van der Waals surface area contributed by atoms with Crippen LogP contribution in [-0.2, 0) is 9.47 Å². The van der Waals surface area contributed by atoms with Crippen molar-refractivity contribution in [2.45, 2.75) is 51.2 Å². The van der Waals surface area contributed by atoms with Gasteiger partial charge < -0.3 is 9.47 Å². The second-order valence-corrected chi connectivity index (χ2v) is 7.25. The molecule has 1 aromatic carbocycles. The Balaban J connectivity index is 1.94. The van der Waals surface area contributed by atoms with E-state index < -0.39 is 17.7 Å². The number of rotatable bonds is 3. The SMILES string of the molecule is COCC1c2cc(C3CC3)ccc2C(=O)N1C(=O)OC(C)(C)C. The van der Waals surface area contributed by atoms with Gasteiger partial charge in [-0.25, -0.2) is 9.69 Å². The quantitative estimate of drug-likeness (QED) is 0.854. The van der Waals surface area contributed by atoms with Crippen molar-refractivity contribution in [3.63, 3.8) is 0 Å². The van der Waals surface area contributed by atoms with Crippen molar-refractivity contribution < 1.29 is 19.1 Å². The Labute approximate surface area is 136 Å². The fourth-order valence-electron chi connectivity index (χ4n) is 2.98. The highest BCUT2D eigenvalue weighted by Crippen LogP contribution is 2.43. The monoisotopic (exact) mass is 317 g/mol. The van der Waals surface area contributed by atoms with Gasteiger partial charge in [0, 0.05) is 12.7 Å². The van der Waals surface area contributed by atoms with Crippen LogP contribution in [0.25, 0.3) is 0 Å². The van der Waals surface area contributed by atoms with E-state index in [1.807, 2.05) is 12.1 Å². The number of nitrogens with zero attached hydrogens (tertiary/aromatic N) is 1. The first-order valence-corrected chi connectivity index (χ1v) is 8.01. The maximum absolute atomic E-state index is 12.7. The molecule has 1 aromatic rings. The van der Waals surface area contributed by atoms with Gasteiger partial charge in [0.2, 0.25) is 0 Å². The summed E-state index contributed by atoms with van der Waals surface area (Å²) in [6, 6.07) is 5.46. The van der Waals surface area contributed by atoms with Crippen molar-refractivity contribution in [3.05, 3.63) is 34.9 Å². The van der Waals surface area contributed by atoms with Crippen molar-refractivity contribution in [2.75, 3.05) is 13.7 Å². The molecular weight excluding hydrogens is 294 g/mol. The fraction of sp³-hybridized carbons (Fsp3) is 0.556. The van der Waals surface area contributed by atoms with Gasteiger partial charge in [-0.1, -0.05) is 12.1 Å². The van der Waals surface area contributed by atoms with Gasteiger partial charge in [-0.3, -0.25) is 4.79 Å². The molecule has 1 fully saturated rings. The Morgan fingerprint density at radius 3 is 2.57 bits per heavy atom. The van der Waals surface area contributed by atoms with Gasteiger partial charge in [0.05, 0.1) is 12.6 Å². The van der Waals surface area contributed by atoms with E-state index in [1.165, 1.54) is 23.3 Å². The van der Waals surface area contributed by atoms with Gasteiger partial charge in [0.15, 0.2) is 0 Å². The van der Waals surface area contributed by atoms with Crippen molar-refractivity contribution in [1.29, 1.82) is 0 Å². The first-order valence-electron chi connectivity index (χ1n) is 8.01. The molecule has 1 aliphatic heterocycles. The average Bonchev–Trinajstić information content (AvgIpc) is 3.25. The van der Waals surface area contributed by atoms with E-state index in [0.29, 0.717) is 11.5 Å². The smallest absolute Gasteiger partial charge is 0.417 e. The summed E-state index contributed by atoms with van der Waals surface area (Å²) in [7, 11) is 1.57. The minimum atomic E-state index is -0.650. The number of hydrogen-bond acceptors (Lipinski definition) is 4. The highest BCUT2D eigenvalue weighted by Gasteiger charge is 2.43. The van der Waals surface area contributed by atoms with Gasteiger partial charge >= 0.3 is 6.09 Å². The van der Waals surface area contributed by atoms with Gasteiger partial charge in [-0.15, -0.1) is 0 Å². The number of ether oxygens (including phenoxy) is 2. The summed E-state index contributed by atoms with van der Waals surface area (Å²) in [4.78, 5) is 26.3. The number of carbonyl (C=O) groups excluding carboxylic acids is 2. The summed E-state index contributed by atoms with van der Waals surface area (Å²) in [6.45, 7) is 5.63. The van der Waals surface area contributed by atoms with Crippen molar-refractivity contribution in [3.8, 4) is 0 Å². The molecule has 1 aliphatic carbocycles. The average molecular weight is 317 g/mol. The van der Waals surface area contributed by atoms with E-state index in [0.717, 1.165) is 5.56 Å². The topological polar surface area (TPSA) is 55.8 Å². The van der Waals surface area contributed by atoms with E-state index in [2.05, 4.69) is 6.07 Å². The molecule has 124 valence electrons. The molecule has 1 saturated carbocycles. The molecule has 2 amide bonds. The van der Waals surface area contributed by atoms with Crippen LogP contribution >= 0.6 is 0 Å². The second-order valence-electron chi connectivity index (χ2n) is 7.25. The number of methoxy groups -OCH3 is 1. The van der Waals surface area contributed by atoms with Crippen LogP contribution in [0.5, 0.6) is 0 Å². The van der Waals surface area contributed by atoms with E-state index in [1.54, 1.807) is 27.9 Å². The van der Waals surface area contributed by atoms with Crippen LogP contribution in [0.1, 0.15) is 67.1 Å². The Morgan fingerprint density at radius 2 is 2.00 bits per heavy atom. The molecule has 1 atom stereocenters. The first-order chi connectivity index (χ1) is 10.8. The maximum atomic E-state index is 12.7. The molecule has 0 saturated heterocycles. The molecule has 1 unspecified atom stereocenters. The molecule has 3 rings (SSSR count). The van der Waals surface area contributed by atoms with Crippen LogP contribution in [0.3, 0.4) is 0 Å². The van der Waals surface area contributed by atoms with Gasteiger partial charge in [0.1, 0.15) is 5.60 Å². The summed E-state index contributed by atoms with van der Waals surface area (Å²) in [6.07, 6.45) is 1.77. The molecule has 0 spiro atoms. The third-order valence-corrected chi connectivity index (χ3v) is 4.16. The van der Waals surface area contributed by atoms with Crippen LogP contribution in [0, 0.1) is 0 Å². The Bertz CT molecular complexity index is 643. The van der Waals surface area contributed by atoms with E-state index >= 15 is 0 Å². The number of amides is 2. The van der Waals surface area contributed by atoms with Crippen LogP contribution in [0.4, 0.5) is 4.79 Å². The summed E-state index contributed by atoms with van der Waals surface area (Å²) in [5.41, 5.74) is 2.03. The first kappa shape index (κ1) is 16.0. The predicted octanol–water partition coefficient (Wildman–Crippen LogP) is 3.64. The minimum absolute atomic E-state index is 0.270. The molecule has 5 nitrogen and oxygen atoms in total. The van der Waals surface area contributed by atoms with Crippen molar-refractivity contribution >= 4 is 12.0 Å². The molecule has 0 N–H and O–H groups in total. The lowest BCUT2D eigenvalue weighted by atomic mass is 9.99. The van der Waals surface area contributed by atoms with Crippen LogP contribution < -0.4 is 0 Å². The maximum Gasteiger partial charge on any atom is 0.417 e. The molecule has 0 bridgehead atoms. The van der Waals surface area contributed by atoms with E-state index in [9.17, 15) is 9.59 Å². The molecule has 23 heavy (non-hydrogen) atoms. The molecular formula is C18H23NO4. The standard InChI is InChI=1S/C18H23NO4/c1-18(2,3)23-17(21)19-15(10-22-4)14-9-12(11-5-6-11)7-8-13(14)16(19)20/h7-9,11,15H,5-6,10H2,1-4H3. The Hall–Kier alpha value is -1.88. The van der Waals surface area contributed by atoms with E-state index in [4.69, 9.17) is 9.47 Å². The number of hydrogen-bond donors (Lipinski definition) is 0. The lowest BCUT2D eigenvalue weighted by Crippen LogP contribution is -2.40. The van der Waals surface area contributed by atoms with Crippen LogP contribution in [0.2, 0.25) is 0 Å². The predicted molar refractivity (Wildman–Crippen MR) is 85.4 cm³/mol. The normalized spacial score (nSPS) is 20.6. The number of carbonyl (C=O) groups is 2. The van der Waals surface area contributed by atoms with Gasteiger partial charge in [0.25, 0.3) is 5.91 Å². The number of benzene rings is 1. The summed E-state index contributed by atoms with van der Waals surface area (Å²) in [5.74, 6) is 0.285. The molecule has 0 radical (unpaired) electrons. The molecule has 5 heteroatoms. The van der Waals surface area contributed by atoms with Gasteiger partial charge in [-0.2, -0.15) is 0 Å². The third kappa shape index (κ3) is 3.11. The zero-order valence-corrected chi connectivity index (χ0v) is 14.1. The summed E-state index contributed by atoms with van der Waals surface area (Å²) < 4.78 is 10.7. The highest BCUT2D eigenvalue weighted by atomic mass is 16.6. The second kappa shape index (κ2) is 5.64. The van der Waals surface area contributed by atoms with Crippen LogP contribution in [-0.4, -0.2) is 36.2 Å². The van der Waals surface area contributed by atoms with E-state index in [-0.39, 0.29) is 12.5 Å². The van der Waals surface area contributed by atoms with Crippen molar-refractivity contribution in [1.82, 2.24) is 4.90 Å². The number of imide groups is 1. The largest absolute Gasteiger partial charge is 0.443 e. The van der Waals surface area contributed by atoms with Crippen LogP contribution in [0.15, 0.2) is 18.2 Å². The Morgan fingerprint density at radius 1 is 1.30 bits per heavy atom. The minimum Gasteiger partial charge on any atom is -0.443 e. The molecule has 0 aromatic heterocycles. The fourth-order valence-corrected chi connectivity index (χ4v) is 2.98. The summed E-state index contributed by atoms with van der Waals surface area (Å²) >= 11 is 0. The van der Waals surface area contributed by atoms with Crippen molar-refractivity contribution in [2.24, 2.45) is 0 Å². The summed E-state index contributed by atoms with van der Waals surface area (Å²) in [5, 5.41) is 0. The lowest BCUT2D eigenvalue weighted by Gasteiger charge is -2.27. The third-order valence-electron chi connectivity index (χ3n) is 4.16. The zero-order chi connectivity index (χ0) is 16.8. The highest BCUT2D eigenvalue weighted by molar-refractivity contribution is 6.07. The number of fused-ring (bicyclic) bond motifs is 1. The van der Waals surface area contributed by atoms with Gasteiger partial charge in [-0.05, 0) is 56.7 Å².